The Morgan fingerprint density at radius 1 is 1.06 bits per heavy atom. The van der Waals surface area contributed by atoms with E-state index in [0.29, 0.717) is 21.7 Å². The van der Waals surface area contributed by atoms with Crippen LogP contribution < -0.4 is 22.5 Å². The highest BCUT2D eigenvalue weighted by Crippen LogP contribution is 2.35. The standard InChI is InChI=1S/C23H19N5O4S/c24-19-18(20(30)26-22(32)27(19)14-10-11-14)17(29)12-33-23-25-16-9-5-4-8-15(16)21(31)28(23)13-6-2-1-3-7-13/h1-9,14H,10-12,24H2,(H,26,30,32). The van der Waals surface area contributed by atoms with Crippen molar-refractivity contribution in [1.82, 2.24) is 19.1 Å². The summed E-state index contributed by atoms with van der Waals surface area (Å²) < 4.78 is 2.71. The van der Waals surface area contributed by atoms with Gasteiger partial charge in [0.1, 0.15) is 11.4 Å². The van der Waals surface area contributed by atoms with E-state index in [2.05, 4.69) is 9.97 Å². The zero-order valence-electron chi connectivity index (χ0n) is 17.4. The monoisotopic (exact) mass is 461 g/mol. The molecule has 0 radical (unpaired) electrons. The summed E-state index contributed by atoms with van der Waals surface area (Å²) >= 11 is 1.03. The first-order valence-electron chi connectivity index (χ1n) is 10.3. The number of ketones is 1. The van der Waals surface area contributed by atoms with E-state index in [1.165, 1.54) is 9.13 Å². The van der Waals surface area contributed by atoms with Crippen LogP contribution in [-0.4, -0.2) is 30.6 Å². The van der Waals surface area contributed by atoms with Gasteiger partial charge in [-0.15, -0.1) is 0 Å². The molecule has 0 atom stereocenters. The van der Waals surface area contributed by atoms with Crippen molar-refractivity contribution in [2.24, 2.45) is 0 Å². The number of carbonyl (C=O) groups is 1. The summed E-state index contributed by atoms with van der Waals surface area (Å²) in [6.45, 7) is 0. The van der Waals surface area contributed by atoms with Gasteiger partial charge in [0.05, 0.1) is 22.3 Å². The van der Waals surface area contributed by atoms with Crippen LogP contribution in [0.3, 0.4) is 0 Å². The molecule has 4 aromatic rings. The van der Waals surface area contributed by atoms with Crippen LogP contribution in [0, 0.1) is 0 Å². The molecular weight excluding hydrogens is 442 g/mol. The van der Waals surface area contributed by atoms with Crippen molar-refractivity contribution >= 4 is 34.3 Å². The van der Waals surface area contributed by atoms with Gasteiger partial charge < -0.3 is 5.73 Å². The molecule has 2 heterocycles. The summed E-state index contributed by atoms with van der Waals surface area (Å²) in [5, 5.41) is 0.762. The number of rotatable bonds is 6. The molecule has 0 spiro atoms. The molecule has 33 heavy (non-hydrogen) atoms. The van der Waals surface area contributed by atoms with E-state index in [9.17, 15) is 19.2 Å². The number of carbonyl (C=O) groups excluding carboxylic acids is 1. The zero-order valence-corrected chi connectivity index (χ0v) is 18.2. The summed E-state index contributed by atoms with van der Waals surface area (Å²) in [4.78, 5) is 57.5. The van der Waals surface area contributed by atoms with Crippen LogP contribution in [0.15, 0.2) is 74.1 Å². The van der Waals surface area contributed by atoms with Gasteiger partial charge in [-0.05, 0) is 37.1 Å². The largest absolute Gasteiger partial charge is 0.384 e. The quantitative estimate of drug-likeness (QED) is 0.255. The molecule has 0 bridgehead atoms. The highest BCUT2D eigenvalue weighted by molar-refractivity contribution is 7.99. The molecule has 9 nitrogen and oxygen atoms in total. The first-order chi connectivity index (χ1) is 16.0. The van der Waals surface area contributed by atoms with Gasteiger partial charge in [0.25, 0.3) is 11.1 Å². The highest BCUT2D eigenvalue weighted by atomic mass is 32.2. The summed E-state index contributed by atoms with van der Waals surface area (Å²) in [7, 11) is 0. The third-order valence-corrected chi connectivity index (χ3v) is 6.40. The lowest BCUT2D eigenvalue weighted by Gasteiger charge is -2.14. The normalized spacial score (nSPS) is 13.3. The molecule has 3 N–H and O–H groups in total. The van der Waals surface area contributed by atoms with E-state index >= 15 is 0 Å². The van der Waals surface area contributed by atoms with Gasteiger partial charge in [-0.25, -0.2) is 9.78 Å². The fourth-order valence-corrected chi connectivity index (χ4v) is 4.63. The molecule has 10 heteroatoms. The van der Waals surface area contributed by atoms with Gasteiger partial charge >= 0.3 is 5.69 Å². The Hall–Kier alpha value is -3.92. The number of fused-ring (bicyclic) bond motifs is 1. The van der Waals surface area contributed by atoms with E-state index in [1.54, 1.807) is 48.5 Å². The number of benzene rings is 2. The fourth-order valence-electron chi connectivity index (χ4n) is 3.75. The number of hydrogen-bond acceptors (Lipinski definition) is 7. The second-order valence-electron chi connectivity index (χ2n) is 7.72. The Morgan fingerprint density at radius 2 is 1.76 bits per heavy atom. The third-order valence-electron chi connectivity index (χ3n) is 5.46. The van der Waals surface area contributed by atoms with Crippen LogP contribution >= 0.6 is 11.8 Å². The number of anilines is 1. The van der Waals surface area contributed by atoms with Crippen LogP contribution in [0.1, 0.15) is 29.2 Å². The third kappa shape index (κ3) is 3.78. The summed E-state index contributed by atoms with van der Waals surface area (Å²) in [5.74, 6) is -0.854. The lowest BCUT2D eigenvalue weighted by atomic mass is 10.2. The SMILES string of the molecule is Nc1c(C(=O)CSc2nc3ccccc3c(=O)n2-c2ccccc2)c(=O)[nH]c(=O)n1C1CC1. The van der Waals surface area contributed by atoms with Gasteiger partial charge in [-0.2, -0.15) is 0 Å². The molecule has 2 aromatic heterocycles. The summed E-state index contributed by atoms with van der Waals surface area (Å²) in [6.07, 6.45) is 1.53. The number of nitrogen functional groups attached to an aromatic ring is 1. The average molecular weight is 462 g/mol. The molecular formula is C23H19N5O4S. The lowest BCUT2D eigenvalue weighted by Crippen LogP contribution is -2.36. The van der Waals surface area contributed by atoms with E-state index in [4.69, 9.17) is 5.73 Å². The van der Waals surface area contributed by atoms with Crippen LogP contribution in [0.4, 0.5) is 5.82 Å². The minimum Gasteiger partial charge on any atom is -0.384 e. The number of nitrogens with two attached hydrogens (primary N) is 1. The molecule has 0 aliphatic heterocycles. The molecule has 166 valence electrons. The predicted molar refractivity (Wildman–Crippen MR) is 126 cm³/mol. The molecule has 1 aliphatic carbocycles. The van der Waals surface area contributed by atoms with Crippen LogP contribution in [0.25, 0.3) is 16.6 Å². The zero-order chi connectivity index (χ0) is 23.1. The first-order valence-corrected chi connectivity index (χ1v) is 11.3. The minimum absolute atomic E-state index is 0.0982. The van der Waals surface area contributed by atoms with E-state index in [1.807, 2.05) is 6.07 Å². The Kier molecular flexibility index (Phi) is 5.21. The maximum absolute atomic E-state index is 13.2. The fraction of sp³-hybridized carbons (Fsp3) is 0.174. The molecule has 1 aliphatic rings. The molecule has 0 saturated heterocycles. The number of hydrogen-bond donors (Lipinski definition) is 2. The maximum atomic E-state index is 13.2. The Morgan fingerprint density at radius 3 is 2.48 bits per heavy atom. The van der Waals surface area contributed by atoms with Gasteiger partial charge in [-0.1, -0.05) is 42.1 Å². The smallest absolute Gasteiger partial charge is 0.330 e. The van der Waals surface area contributed by atoms with Gasteiger partial charge in [0.2, 0.25) is 0 Å². The number of nitrogens with zero attached hydrogens (tertiary/aromatic N) is 3. The minimum atomic E-state index is -0.813. The second kappa shape index (κ2) is 8.21. The Balaban J connectivity index is 1.55. The molecule has 1 saturated carbocycles. The Bertz CT molecular complexity index is 1570. The van der Waals surface area contributed by atoms with E-state index in [-0.39, 0.29) is 28.7 Å². The van der Waals surface area contributed by atoms with Crippen LogP contribution in [0.2, 0.25) is 0 Å². The van der Waals surface area contributed by atoms with Crippen LogP contribution in [-0.2, 0) is 0 Å². The Labute approximate surface area is 190 Å². The van der Waals surface area contributed by atoms with Crippen LogP contribution in [0.5, 0.6) is 0 Å². The first kappa shape index (κ1) is 21.0. The lowest BCUT2D eigenvalue weighted by molar-refractivity contribution is 0.102. The summed E-state index contributed by atoms with van der Waals surface area (Å²) in [6, 6.07) is 15.9. The predicted octanol–water partition coefficient (Wildman–Crippen LogP) is 2.13. The van der Waals surface area contributed by atoms with Crippen molar-refractivity contribution in [1.29, 1.82) is 0 Å². The highest BCUT2D eigenvalue weighted by Gasteiger charge is 2.30. The number of para-hydroxylation sites is 2. The van der Waals surface area contributed by atoms with Gasteiger partial charge in [-0.3, -0.25) is 28.5 Å². The summed E-state index contributed by atoms with van der Waals surface area (Å²) in [5.41, 5.74) is 5.23. The number of thioether (sulfide) groups is 1. The molecule has 0 unspecified atom stereocenters. The second-order valence-corrected chi connectivity index (χ2v) is 8.66. The van der Waals surface area contributed by atoms with Gasteiger partial charge in [0, 0.05) is 6.04 Å². The molecule has 0 amide bonds. The number of aromatic nitrogens is 4. The number of aromatic amines is 1. The van der Waals surface area contributed by atoms with Crippen molar-refractivity contribution in [3.8, 4) is 5.69 Å². The number of nitrogens with one attached hydrogen (secondary N) is 1. The van der Waals surface area contributed by atoms with E-state index < -0.39 is 17.0 Å². The van der Waals surface area contributed by atoms with Crippen molar-refractivity contribution in [2.75, 3.05) is 11.5 Å². The van der Waals surface area contributed by atoms with Crippen molar-refractivity contribution < 1.29 is 4.79 Å². The van der Waals surface area contributed by atoms with Crippen molar-refractivity contribution in [3.63, 3.8) is 0 Å². The topological polar surface area (TPSA) is 133 Å². The van der Waals surface area contributed by atoms with E-state index in [0.717, 1.165) is 24.6 Å². The molecule has 1 fully saturated rings. The average Bonchev–Trinajstić information content (AvgIpc) is 3.63. The van der Waals surface area contributed by atoms with Crippen molar-refractivity contribution in [2.45, 2.75) is 24.0 Å². The molecule has 2 aromatic carbocycles. The number of Topliss-reactive ketones (excluding diaryl/α,β-unsaturated/α-hetero) is 1. The van der Waals surface area contributed by atoms with Crippen molar-refractivity contribution in [3.05, 3.63) is 91.4 Å². The maximum Gasteiger partial charge on any atom is 0.330 e. The number of H-pyrrole nitrogens is 1. The molecule has 5 rings (SSSR count). The van der Waals surface area contributed by atoms with Gasteiger partial charge in [0.15, 0.2) is 10.9 Å².